The highest BCUT2D eigenvalue weighted by atomic mass is 35.5. The van der Waals surface area contributed by atoms with Crippen LogP contribution in [0.5, 0.6) is 0 Å². The maximum atomic E-state index is 5.91. The summed E-state index contributed by atoms with van der Waals surface area (Å²) in [6.07, 6.45) is 1.62. The summed E-state index contributed by atoms with van der Waals surface area (Å²) in [5, 5.41) is 0.996. The van der Waals surface area contributed by atoms with Gasteiger partial charge >= 0.3 is 0 Å². The van der Waals surface area contributed by atoms with E-state index in [4.69, 9.17) is 33.4 Å². The van der Waals surface area contributed by atoms with Crippen molar-refractivity contribution < 1.29 is 4.42 Å². The Hall–Kier alpha value is -1.03. The number of hydrogen-bond donors (Lipinski definition) is 1. The van der Waals surface area contributed by atoms with Gasteiger partial charge in [0.25, 0.3) is 0 Å². The van der Waals surface area contributed by atoms with Gasteiger partial charge in [-0.05, 0) is 25.1 Å². The molecule has 16 heavy (non-hydrogen) atoms. The van der Waals surface area contributed by atoms with Gasteiger partial charge in [-0.1, -0.05) is 23.2 Å². The molecule has 1 atom stereocenters. The summed E-state index contributed by atoms with van der Waals surface area (Å²) in [5.74, 6) is 1.13. The molecule has 0 radical (unpaired) electrons. The first-order chi connectivity index (χ1) is 7.58. The maximum absolute atomic E-state index is 5.91. The van der Waals surface area contributed by atoms with Gasteiger partial charge in [-0.3, -0.25) is 0 Å². The molecule has 0 amide bonds. The molecule has 1 unspecified atom stereocenters. The lowest BCUT2D eigenvalue weighted by atomic mass is 10.2. The van der Waals surface area contributed by atoms with E-state index in [1.165, 1.54) is 0 Å². The number of benzene rings is 1. The van der Waals surface area contributed by atoms with Gasteiger partial charge in [-0.25, -0.2) is 4.98 Å². The number of hydrogen-bond acceptors (Lipinski definition) is 3. The second-order valence-electron chi connectivity index (χ2n) is 3.48. The van der Waals surface area contributed by atoms with Crippen molar-refractivity contribution in [2.45, 2.75) is 13.0 Å². The molecule has 0 bridgehead atoms. The number of oxazole rings is 1. The molecule has 0 aliphatic rings. The first-order valence-electron chi connectivity index (χ1n) is 4.74. The Kier molecular flexibility index (Phi) is 3.19. The van der Waals surface area contributed by atoms with Crippen LogP contribution < -0.4 is 5.73 Å². The van der Waals surface area contributed by atoms with E-state index in [9.17, 15) is 0 Å². The van der Waals surface area contributed by atoms with Crippen LogP contribution in [0, 0.1) is 0 Å². The zero-order valence-corrected chi connectivity index (χ0v) is 10.1. The van der Waals surface area contributed by atoms with Gasteiger partial charge in [-0.2, -0.15) is 0 Å². The number of aromatic nitrogens is 1. The molecular weight excluding hydrogens is 247 g/mol. The molecule has 1 aromatic heterocycles. The van der Waals surface area contributed by atoms with Crippen molar-refractivity contribution in [1.82, 2.24) is 4.98 Å². The fraction of sp³-hybridized carbons (Fsp3) is 0.182. The van der Waals surface area contributed by atoms with Gasteiger partial charge in [-0.15, -0.1) is 0 Å². The van der Waals surface area contributed by atoms with Crippen molar-refractivity contribution >= 4 is 23.2 Å². The van der Waals surface area contributed by atoms with E-state index < -0.39 is 0 Å². The van der Waals surface area contributed by atoms with E-state index in [0.29, 0.717) is 21.7 Å². The van der Waals surface area contributed by atoms with Crippen molar-refractivity contribution in [3.63, 3.8) is 0 Å². The van der Waals surface area contributed by atoms with Crippen molar-refractivity contribution in [1.29, 1.82) is 0 Å². The molecule has 2 rings (SSSR count). The minimum atomic E-state index is -0.225. The molecule has 0 aliphatic heterocycles. The highest BCUT2D eigenvalue weighted by Gasteiger charge is 2.10. The normalized spacial score (nSPS) is 12.8. The SMILES string of the molecule is CC(N)c1ncc(-c2ccc(Cl)c(Cl)c2)o1. The Labute approximate surface area is 103 Å². The topological polar surface area (TPSA) is 52.0 Å². The third kappa shape index (κ3) is 2.21. The predicted octanol–water partition coefficient (Wildman–Crippen LogP) is 3.67. The summed E-state index contributed by atoms with van der Waals surface area (Å²) in [6.45, 7) is 1.81. The minimum absolute atomic E-state index is 0.225. The van der Waals surface area contributed by atoms with Gasteiger partial charge in [0, 0.05) is 5.56 Å². The summed E-state index contributed by atoms with van der Waals surface area (Å²) in [5.41, 5.74) is 6.48. The van der Waals surface area contributed by atoms with Gasteiger partial charge in [0.2, 0.25) is 5.89 Å². The molecule has 0 saturated carbocycles. The Morgan fingerprint density at radius 3 is 2.62 bits per heavy atom. The maximum Gasteiger partial charge on any atom is 0.211 e. The highest BCUT2D eigenvalue weighted by Crippen LogP contribution is 2.29. The van der Waals surface area contributed by atoms with Crippen LogP contribution in [0.3, 0.4) is 0 Å². The molecule has 5 heteroatoms. The summed E-state index contributed by atoms with van der Waals surface area (Å²) < 4.78 is 5.49. The lowest BCUT2D eigenvalue weighted by Gasteiger charge is -2.00. The summed E-state index contributed by atoms with van der Waals surface area (Å²) in [7, 11) is 0. The van der Waals surface area contributed by atoms with Crippen molar-refractivity contribution in [3.05, 3.63) is 40.3 Å². The quantitative estimate of drug-likeness (QED) is 0.892. The Morgan fingerprint density at radius 2 is 2.06 bits per heavy atom. The molecule has 1 aromatic carbocycles. The van der Waals surface area contributed by atoms with Crippen molar-refractivity contribution in [2.75, 3.05) is 0 Å². The van der Waals surface area contributed by atoms with E-state index in [2.05, 4.69) is 4.98 Å². The largest absolute Gasteiger partial charge is 0.439 e. The van der Waals surface area contributed by atoms with E-state index in [1.54, 1.807) is 18.3 Å². The highest BCUT2D eigenvalue weighted by molar-refractivity contribution is 6.42. The average Bonchev–Trinajstić information content (AvgIpc) is 2.71. The van der Waals surface area contributed by atoms with E-state index in [1.807, 2.05) is 13.0 Å². The fourth-order valence-corrected chi connectivity index (χ4v) is 1.58. The molecule has 0 aliphatic carbocycles. The molecular formula is C11H10Cl2N2O. The first kappa shape index (κ1) is 11.5. The van der Waals surface area contributed by atoms with Crippen LogP contribution in [0.15, 0.2) is 28.8 Å². The fourth-order valence-electron chi connectivity index (χ4n) is 1.28. The van der Waals surface area contributed by atoms with Gasteiger partial charge < -0.3 is 10.2 Å². The molecule has 84 valence electrons. The number of rotatable bonds is 2. The predicted molar refractivity (Wildman–Crippen MR) is 64.6 cm³/mol. The standard InChI is InChI=1S/C11H10Cl2N2O/c1-6(14)11-15-5-10(16-11)7-2-3-8(12)9(13)4-7/h2-6H,14H2,1H3. The third-order valence-corrected chi connectivity index (χ3v) is 2.86. The molecule has 3 nitrogen and oxygen atoms in total. The minimum Gasteiger partial charge on any atom is -0.439 e. The molecule has 0 saturated heterocycles. The van der Waals surface area contributed by atoms with E-state index in [-0.39, 0.29) is 6.04 Å². The molecule has 2 aromatic rings. The van der Waals surface area contributed by atoms with Crippen LogP contribution in [-0.4, -0.2) is 4.98 Å². The first-order valence-corrected chi connectivity index (χ1v) is 5.50. The van der Waals surface area contributed by atoms with Crippen molar-refractivity contribution in [3.8, 4) is 11.3 Å². The van der Waals surface area contributed by atoms with Crippen LogP contribution in [0.2, 0.25) is 10.0 Å². The zero-order valence-electron chi connectivity index (χ0n) is 8.58. The summed E-state index contributed by atoms with van der Waals surface area (Å²) in [4.78, 5) is 4.08. The second-order valence-corrected chi connectivity index (χ2v) is 4.29. The van der Waals surface area contributed by atoms with E-state index in [0.717, 1.165) is 5.56 Å². The Bertz CT molecular complexity index is 508. The summed E-state index contributed by atoms with van der Waals surface area (Å²) in [6, 6.07) is 5.04. The molecule has 2 N–H and O–H groups in total. The van der Waals surface area contributed by atoms with Gasteiger partial charge in [0.05, 0.1) is 22.3 Å². The van der Waals surface area contributed by atoms with Crippen LogP contribution in [0.1, 0.15) is 18.9 Å². The number of nitrogens with two attached hydrogens (primary N) is 1. The zero-order chi connectivity index (χ0) is 11.7. The third-order valence-electron chi connectivity index (χ3n) is 2.12. The van der Waals surface area contributed by atoms with Gasteiger partial charge in [0.15, 0.2) is 5.76 Å². The van der Waals surface area contributed by atoms with Gasteiger partial charge in [0.1, 0.15) is 0 Å². The Morgan fingerprint density at radius 1 is 1.31 bits per heavy atom. The van der Waals surface area contributed by atoms with E-state index >= 15 is 0 Å². The molecule has 1 heterocycles. The monoisotopic (exact) mass is 256 g/mol. The van der Waals surface area contributed by atoms with Crippen LogP contribution in [0.4, 0.5) is 0 Å². The smallest absolute Gasteiger partial charge is 0.211 e. The lowest BCUT2D eigenvalue weighted by molar-refractivity contribution is 0.473. The lowest BCUT2D eigenvalue weighted by Crippen LogP contribution is -2.04. The molecule has 0 spiro atoms. The van der Waals surface area contributed by atoms with Crippen LogP contribution in [-0.2, 0) is 0 Å². The molecule has 0 fully saturated rings. The number of nitrogens with zero attached hydrogens (tertiary/aromatic N) is 1. The Balaban J connectivity index is 2.39. The average molecular weight is 257 g/mol. The van der Waals surface area contributed by atoms with Crippen LogP contribution >= 0.6 is 23.2 Å². The van der Waals surface area contributed by atoms with Crippen molar-refractivity contribution in [2.24, 2.45) is 5.73 Å². The number of halogens is 2. The summed E-state index contributed by atoms with van der Waals surface area (Å²) >= 11 is 11.7. The van der Waals surface area contributed by atoms with Crippen LogP contribution in [0.25, 0.3) is 11.3 Å². The second kappa shape index (κ2) is 4.45.